The van der Waals surface area contributed by atoms with Crippen LogP contribution in [0.25, 0.3) is 10.9 Å². The molecule has 4 heteroatoms. The average molecular weight is 264 g/mol. The van der Waals surface area contributed by atoms with Gasteiger partial charge in [-0.2, -0.15) is 0 Å². The van der Waals surface area contributed by atoms with E-state index < -0.39 is 0 Å². The Hall–Kier alpha value is -1.74. The molecule has 94 valence electrons. The van der Waals surface area contributed by atoms with Crippen LogP contribution in [0.1, 0.15) is 6.92 Å². The van der Waals surface area contributed by atoms with Gasteiger partial charge in [-0.25, -0.2) is 4.79 Å². The number of esters is 1. The van der Waals surface area contributed by atoms with Gasteiger partial charge in [0.1, 0.15) is 0 Å². The number of ether oxygens (including phenoxy) is 1. The number of hydrogen-bond donors (Lipinski definition) is 0. The minimum Gasteiger partial charge on any atom is -0.463 e. The van der Waals surface area contributed by atoms with Crippen molar-refractivity contribution in [3.05, 3.63) is 47.6 Å². The zero-order valence-corrected chi connectivity index (χ0v) is 10.9. The van der Waals surface area contributed by atoms with E-state index in [2.05, 4.69) is 0 Å². The summed E-state index contributed by atoms with van der Waals surface area (Å²) in [5, 5.41) is 1.74. The highest BCUT2D eigenvalue weighted by Crippen LogP contribution is 2.25. The number of benzene rings is 1. The molecule has 0 bridgehead atoms. The number of carbonyl (C=O) groups is 1. The van der Waals surface area contributed by atoms with Crippen molar-refractivity contribution in [2.24, 2.45) is 0 Å². The van der Waals surface area contributed by atoms with E-state index in [1.54, 1.807) is 13.0 Å². The average Bonchev–Trinajstić information content (AvgIpc) is 2.68. The Morgan fingerprint density at radius 3 is 3.00 bits per heavy atom. The lowest BCUT2D eigenvalue weighted by Gasteiger charge is -2.00. The van der Waals surface area contributed by atoms with Crippen molar-refractivity contribution in [1.29, 1.82) is 0 Å². The van der Waals surface area contributed by atoms with Crippen molar-refractivity contribution in [3.63, 3.8) is 0 Å². The van der Waals surface area contributed by atoms with E-state index in [0.717, 1.165) is 15.9 Å². The summed E-state index contributed by atoms with van der Waals surface area (Å²) in [7, 11) is 0. The lowest BCUT2D eigenvalue weighted by Crippen LogP contribution is -2.00. The van der Waals surface area contributed by atoms with Gasteiger partial charge in [0.2, 0.25) is 0 Å². The molecule has 0 spiro atoms. The molecule has 0 fully saturated rings. The summed E-state index contributed by atoms with van der Waals surface area (Å²) in [6.07, 6.45) is 5.06. The van der Waals surface area contributed by atoms with Crippen LogP contribution in [0.5, 0.6) is 0 Å². The fourth-order valence-electron chi connectivity index (χ4n) is 1.81. The lowest BCUT2D eigenvalue weighted by molar-refractivity contribution is -0.137. The third-order valence-electron chi connectivity index (χ3n) is 2.58. The Morgan fingerprint density at radius 1 is 1.44 bits per heavy atom. The quantitative estimate of drug-likeness (QED) is 0.625. The van der Waals surface area contributed by atoms with Crippen LogP contribution in [-0.4, -0.2) is 17.1 Å². The predicted molar refractivity (Wildman–Crippen MR) is 72.7 cm³/mol. The maximum Gasteiger partial charge on any atom is 0.330 e. The van der Waals surface area contributed by atoms with Gasteiger partial charge in [-0.1, -0.05) is 35.9 Å². The number of para-hydroxylation sites is 1. The highest BCUT2D eigenvalue weighted by Gasteiger charge is 2.04. The molecule has 1 aromatic heterocycles. The number of nitrogens with zero attached hydrogens (tertiary/aromatic N) is 1. The molecule has 2 rings (SSSR count). The first kappa shape index (κ1) is 12.7. The van der Waals surface area contributed by atoms with Gasteiger partial charge in [-0.15, -0.1) is 0 Å². The molecule has 0 saturated heterocycles. The van der Waals surface area contributed by atoms with Gasteiger partial charge in [-0.05, 0) is 13.0 Å². The lowest BCUT2D eigenvalue weighted by atomic mass is 10.2. The molecule has 0 amide bonds. The van der Waals surface area contributed by atoms with Crippen molar-refractivity contribution in [2.45, 2.75) is 13.5 Å². The molecule has 0 saturated carbocycles. The molecule has 1 aromatic carbocycles. The second kappa shape index (κ2) is 5.74. The Morgan fingerprint density at radius 2 is 2.22 bits per heavy atom. The molecule has 2 aromatic rings. The van der Waals surface area contributed by atoms with Crippen LogP contribution >= 0.6 is 11.6 Å². The maximum atomic E-state index is 11.2. The van der Waals surface area contributed by atoms with Crippen LogP contribution in [-0.2, 0) is 16.1 Å². The molecule has 0 N–H and O–H groups in total. The molecule has 0 atom stereocenters. The number of rotatable bonds is 4. The zero-order chi connectivity index (χ0) is 13.0. The third-order valence-corrected chi connectivity index (χ3v) is 2.88. The van der Waals surface area contributed by atoms with E-state index in [4.69, 9.17) is 16.3 Å². The number of halogens is 1. The van der Waals surface area contributed by atoms with Crippen LogP contribution < -0.4 is 0 Å². The van der Waals surface area contributed by atoms with Gasteiger partial charge in [0, 0.05) is 29.7 Å². The van der Waals surface area contributed by atoms with E-state index >= 15 is 0 Å². The topological polar surface area (TPSA) is 31.2 Å². The standard InChI is InChI=1S/C14H14ClNO2/c1-2-18-14(17)8-5-9-16-10-12(15)11-6-3-4-7-13(11)16/h3-8,10H,2,9H2,1H3/b8-5+. The van der Waals surface area contributed by atoms with E-state index in [9.17, 15) is 4.79 Å². The highest BCUT2D eigenvalue weighted by atomic mass is 35.5. The second-order valence-corrected chi connectivity index (χ2v) is 4.21. The minimum atomic E-state index is -0.319. The molecule has 0 aliphatic rings. The van der Waals surface area contributed by atoms with Gasteiger partial charge < -0.3 is 9.30 Å². The monoisotopic (exact) mass is 263 g/mol. The van der Waals surface area contributed by atoms with Crippen LogP contribution in [0.3, 0.4) is 0 Å². The van der Waals surface area contributed by atoms with E-state index in [1.165, 1.54) is 6.08 Å². The number of fused-ring (bicyclic) bond motifs is 1. The summed E-state index contributed by atoms with van der Waals surface area (Å²) in [4.78, 5) is 11.2. The third kappa shape index (κ3) is 2.74. The zero-order valence-electron chi connectivity index (χ0n) is 10.1. The summed E-state index contributed by atoms with van der Waals surface area (Å²) in [6, 6.07) is 7.89. The Kier molecular flexibility index (Phi) is 4.05. The molecule has 0 unspecified atom stereocenters. The van der Waals surface area contributed by atoms with Crippen molar-refractivity contribution >= 4 is 28.5 Å². The largest absolute Gasteiger partial charge is 0.463 e. The van der Waals surface area contributed by atoms with Gasteiger partial charge in [0.05, 0.1) is 11.6 Å². The Balaban J connectivity index is 2.15. The van der Waals surface area contributed by atoms with Gasteiger partial charge >= 0.3 is 5.97 Å². The number of allylic oxidation sites excluding steroid dienone is 1. The van der Waals surface area contributed by atoms with Crippen LogP contribution in [0.15, 0.2) is 42.6 Å². The Labute approximate surface area is 111 Å². The number of hydrogen-bond acceptors (Lipinski definition) is 2. The van der Waals surface area contributed by atoms with Crippen molar-refractivity contribution < 1.29 is 9.53 Å². The van der Waals surface area contributed by atoms with Gasteiger partial charge in [0.15, 0.2) is 0 Å². The maximum absolute atomic E-state index is 11.2. The summed E-state index contributed by atoms with van der Waals surface area (Å²) >= 11 is 6.13. The normalized spacial score (nSPS) is 11.2. The van der Waals surface area contributed by atoms with Crippen molar-refractivity contribution in [1.82, 2.24) is 4.57 Å². The van der Waals surface area contributed by atoms with Crippen LogP contribution in [0.4, 0.5) is 0 Å². The van der Waals surface area contributed by atoms with Gasteiger partial charge in [0.25, 0.3) is 0 Å². The smallest absolute Gasteiger partial charge is 0.330 e. The molecular formula is C14H14ClNO2. The molecule has 3 nitrogen and oxygen atoms in total. The first-order valence-corrected chi connectivity index (χ1v) is 6.17. The predicted octanol–water partition coefficient (Wildman–Crippen LogP) is 3.41. The summed E-state index contributed by atoms with van der Waals surface area (Å²) in [6.45, 7) is 2.76. The SMILES string of the molecule is CCOC(=O)/C=C/Cn1cc(Cl)c2ccccc21. The molecule has 0 aliphatic heterocycles. The van der Waals surface area contributed by atoms with Gasteiger partial charge in [-0.3, -0.25) is 0 Å². The molecule has 0 aliphatic carbocycles. The second-order valence-electron chi connectivity index (χ2n) is 3.80. The van der Waals surface area contributed by atoms with Crippen molar-refractivity contribution in [2.75, 3.05) is 6.61 Å². The van der Waals surface area contributed by atoms with Crippen LogP contribution in [0.2, 0.25) is 5.02 Å². The first-order valence-electron chi connectivity index (χ1n) is 5.79. The van der Waals surface area contributed by atoms with Crippen molar-refractivity contribution in [3.8, 4) is 0 Å². The van der Waals surface area contributed by atoms with Crippen LogP contribution in [0, 0.1) is 0 Å². The Bertz CT molecular complexity index is 586. The minimum absolute atomic E-state index is 0.319. The number of carbonyl (C=O) groups excluding carboxylic acids is 1. The number of aromatic nitrogens is 1. The molecule has 1 heterocycles. The fourth-order valence-corrected chi connectivity index (χ4v) is 2.08. The molecule has 0 radical (unpaired) electrons. The van der Waals surface area contributed by atoms with E-state index in [0.29, 0.717) is 13.2 Å². The van der Waals surface area contributed by atoms with E-state index in [-0.39, 0.29) is 5.97 Å². The van der Waals surface area contributed by atoms with E-state index in [1.807, 2.05) is 35.0 Å². The summed E-state index contributed by atoms with van der Waals surface area (Å²) in [5.74, 6) is -0.319. The molecule has 18 heavy (non-hydrogen) atoms. The summed E-state index contributed by atoms with van der Waals surface area (Å²) in [5.41, 5.74) is 1.05. The molecular weight excluding hydrogens is 250 g/mol. The fraction of sp³-hybridized carbons (Fsp3) is 0.214. The first-order chi connectivity index (χ1) is 8.72. The summed E-state index contributed by atoms with van der Waals surface area (Å²) < 4.78 is 6.80. The highest BCUT2D eigenvalue weighted by molar-refractivity contribution is 6.35.